The van der Waals surface area contributed by atoms with Gasteiger partial charge in [0.05, 0.1) is 22.6 Å². The Morgan fingerprint density at radius 2 is 1.76 bits per heavy atom. The molecule has 0 saturated carbocycles. The van der Waals surface area contributed by atoms with Crippen molar-refractivity contribution < 1.29 is 22.4 Å². The van der Waals surface area contributed by atoms with E-state index in [0.29, 0.717) is 55.7 Å². The zero-order valence-electron chi connectivity index (χ0n) is 19.9. The lowest BCUT2D eigenvalue weighted by Gasteiger charge is -2.14. The number of carbonyl (C=O) groups is 1. The van der Waals surface area contributed by atoms with Crippen molar-refractivity contribution in [3.63, 3.8) is 0 Å². The normalized spacial score (nSPS) is 11.4. The Morgan fingerprint density at radius 1 is 0.946 bits per heavy atom. The van der Waals surface area contributed by atoms with Gasteiger partial charge in [-0.2, -0.15) is 0 Å². The van der Waals surface area contributed by atoms with Gasteiger partial charge in [-0.25, -0.2) is 13.4 Å². The van der Waals surface area contributed by atoms with Gasteiger partial charge in [0.2, 0.25) is 5.89 Å². The van der Waals surface area contributed by atoms with Crippen molar-refractivity contribution >= 4 is 44.1 Å². The molecule has 0 aliphatic heterocycles. The molecule has 0 aliphatic carbocycles. The lowest BCUT2D eigenvalue weighted by atomic mass is 9.98. The summed E-state index contributed by atoms with van der Waals surface area (Å²) in [6.45, 7) is 0. The maximum atomic E-state index is 13.4. The number of nitrogens with one attached hydrogen (secondary N) is 1. The average Bonchev–Trinajstić information content (AvgIpc) is 3.33. The third kappa shape index (κ3) is 5.07. The molecule has 0 unspecified atom stereocenters. The van der Waals surface area contributed by atoms with Gasteiger partial charge in [0.1, 0.15) is 11.3 Å². The summed E-state index contributed by atoms with van der Waals surface area (Å²) in [6.07, 6.45) is 1.12. The molecule has 0 bridgehead atoms. The van der Waals surface area contributed by atoms with Gasteiger partial charge in [0, 0.05) is 17.5 Å². The molecule has 5 rings (SSSR count). The SMILES string of the molecule is COc1cccc(-c2cc(S(C)(=O)=O)ccc2C(=O)Nc2ccc(Cl)c(-c3nc4ccccc4o3)c2)c1. The van der Waals surface area contributed by atoms with Crippen LogP contribution >= 0.6 is 11.6 Å². The molecule has 1 aromatic heterocycles. The maximum absolute atomic E-state index is 13.4. The molecule has 5 aromatic rings. The topological polar surface area (TPSA) is 98.5 Å². The number of fused-ring (bicyclic) bond motifs is 1. The fourth-order valence-electron chi connectivity index (χ4n) is 3.93. The van der Waals surface area contributed by atoms with E-state index >= 15 is 0 Å². The zero-order valence-corrected chi connectivity index (χ0v) is 21.4. The van der Waals surface area contributed by atoms with Gasteiger partial charge in [0.25, 0.3) is 5.91 Å². The Balaban J connectivity index is 1.53. The minimum Gasteiger partial charge on any atom is -0.497 e. The van der Waals surface area contributed by atoms with E-state index in [1.54, 1.807) is 42.5 Å². The van der Waals surface area contributed by atoms with Crippen LogP contribution in [0, 0.1) is 0 Å². The second kappa shape index (κ2) is 9.72. The lowest BCUT2D eigenvalue weighted by molar-refractivity contribution is 0.102. The molecule has 9 heteroatoms. The van der Waals surface area contributed by atoms with Crippen molar-refractivity contribution in [2.24, 2.45) is 0 Å². The van der Waals surface area contributed by atoms with E-state index in [2.05, 4.69) is 10.3 Å². The smallest absolute Gasteiger partial charge is 0.256 e. The number of anilines is 1. The predicted molar refractivity (Wildman–Crippen MR) is 144 cm³/mol. The van der Waals surface area contributed by atoms with E-state index in [1.807, 2.05) is 24.3 Å². The third-order valence-electron chi connectivity index (χ3n) is 5.79. The number of aromatic nitrogens is 1. The molecule has 37 heavy (non-hydrogen) atoms. The molecule has 1 amide bonds. The number of rotatable bonds is 6. The second-order valence-electron chi connectivity index (χ2n) is 8.35. The number of hydrogen-bond donors (Lipinski definition) is 1. The number of para-hydroxylation sites is 2. The number of halogens is 1. The monoisotopic (exact) mass is 532 g/mol. The average molecular weight is 533 g/mol. The highest BCUT2D eigenvalue weighted by molar-refractivity contribution is 7.90. The molecular weight excluding hydrogens is 512 g/mol. The van der Waals surface area contributed by atoms with Crippen molar-refractivity contribution in [1.29, 1.82) is 0 Å². The van der Waals surface area contributed by atoms with Crippen molar-refractivity contribution in [3.05, 3.63) is 95.5 Å². The van der Waals surface area contributed by atoms with Gasteiger partial charge >= 0.3 is 0 Å². The molecule has 0 saturated heterocycles. The van der Waals surface area contributed by atoms with Crippen LogP contribution in [0.4, 0.5) is 5.69 Å². The first kappa shape index (κ1) is 24.5. The number of benzene rings is 4. The van der Waals surface area contributed by atoms with E-state index in [-0.39, 0.29) is 4.90 Å². The molecule has 0 spiro atoms. The van der Waals surface area contributed by atoms with E-state index in [4.69, 9.17) is 20.8 Å². The minimum atomic E-state index is -3.50. The third-order valence-corrected chi connectivity index (χ3v) is 7.23. The molecule has 4 aromatic carbocycles. The highest BCUT2D eigenvalue weighted by Gasteiger charge is 2.19. The molecule has 0 aliphatic rings. The quantitative estimate of drug-likeness (QED) is 0.269. The van der Waals surface area contributed by atoms with Crippen LogP contribution < -0.4 is 10.1 Å². The molecule has 0 fully saturated rings. The number of sulfone groups is 1. The summed E-state index contributed by atoms with van der Waals surface area (Å²) >= 11 is 6.42. The van der Waals surface area contributed by atoms with Crippen molar-refractivity contribution in [2.45, 2.75) is 4.90 Å². The van der Waals surface area contributed by atoms with E-state index in [9.17, 15) is 13.2 Å². The van der Waals surface area contributed by atoms with Gasteiger partial charge in [-0.3, -0.25) is 4.79 Å². The van der Waals surface area contributed by atoms with Crippen LogP contribution in [0.25, 0.3) is 33.7 Å². The largest absolute Gasteiger partial charge is 0.497 e. The van der Waals surface area contributed by atoms with Gasteiger partial charge in [-0.05, 0) is 71.8 Å². The van der Waals surface area contributed by atoms with Crippen molar-refractivity contribution in [2.75, 3.05) is 18.7 Å². The van der Waals surface area contributed by atoms with Gasteiger partial charge in [0.15, 0.2) is 15.4 Å². The van der Waals surface area contributed by atoms with Crippen LogP contribution in [0.3, 0.4) is 0 Å². The standard InChI is InChI=1S/C28H21ClN2O5S/c1-35-19-7-5-6-17(14-19)22-16-20(37(2,33)34)11-12-21(22)27(32)30-18-10-13-24(29)23(15-18)28-31-25-8-3-4-9-26(25)36-28/h3-16H,1-2H3,(H,30,32). The summed E-state index contributed by atoms with van der Waals surface area (Å²) in [6, 6.07) is 23.8. The summed E-state index contributed by atoms with van der Waals surface area (Å²) in [7, 11) is -1.96. The summed E-state index contributed by atoms with van der Waals surface area (Å²) in [5.74, 6) is 0.481. The Kier molecular flexibility index (Phi) is 6.45. The summed E-state index contributed by atoms with van der Waals surface area (Å²) in [5.41, 5.74) is 3.69. The fraction of sp³-hybridized carbons (Fsp3) is 0.0714. The van der Waals surface area contributed by atoms with Crippen LogP contribution in [0.2, 0.25) is 5.02 Å². The fourth-order valence-corrected chi connectivity index (χ4v) is 4.78. The maximum Gasteiger partial charge on any atom is 0.256 e. The van der Waals surface area contributed by atoms with Gasteiger partial charge in [-0.1, -0.05) is 35.9 Å². The van der Waals surface area contributed by atoms with Gasteiger partial charge in [-0.15, -0.1) is 0 Å². The lowest BCUT2D eigenvalue weighted by Crippen LogP contribution is -2.14. The van der Waals surface area contributed by atoms with Crippen LogP contribution in [0.1, 0.15) is 10.4 Å². The number of methoxy groups -OCH3 is 1. The Labute approximate surface area is 218 Å². The predicted octanol–water partition coefficient (Wildman–Crippen LogP) is 6.48. The van der Waals surface area contributed by atoms with Crippen LogP contribution in [-0.2, 0) is 9.84 Å². The number of amides is 1. The highest BCUT2D eigenvalue weighted by atomic mass is 35.5. The first-order valence-electron chi connectivity index (χ1n) is 11.2. The number of hydrogen-bond acceptors (Lipinski definition) is 6. The minimum absolute atomic E-state index is 0.103. The molecule has 7 nitrogen and oxygen atoms in total. The molecule has 0 radical (unpaired) electrons. The van der Waals surface area contributed by atoms with Crippen molar-refractivity contribution in [3.8, 4) is 28.3 Å². The first-order chi connectivity index (χ1) is 17.7. The van der Waals surface area contributed by atoms with E-state index < -0.39 is 15.7 Å². The van der Waals surface area contributed by atoms with Gasteiger partial charge < -0.3 is 14.5 Å². The summed E-state index contributed by atoms with van der Waals surface area (Å²) < 4.78 is 35.6. The Morgan fingerprint density at radius 3 is 2.51 bits per heavy atom. The van der Waals surface area contributed by atoms with Crippen LogP contribution in [-0.4, -0.2) is 32.7 Å². The first-order valence-corrected chi connectivity index (χ1v) is 13.5. The van der Waals surface area contributed by atoms with Crippen LogP contribution in [0.5, 0.6) is 5.75 Å². The van der Waals surface area contributed by atoms with E-state index in [0.717, 1.165) is 6.26 Å². The Bertz CT molecular complexity index is 1730. The van der Waals surface area contributed by atoms with E-state index in [1.165, 1.54) is 25.3 Å². The van der Waals surface area contributed by atoms with Crippen molar-refractivity contribution in [1.82, 2.24) is 4.98 Å². The molecule has 0 atom stereocenters. The number of carbonyl (C=O) groups excluding carboxylic acids is 1. The number of oxazole rings is 1. The summed E-state index contributed by atoms with van der Waals surface area (Å²) in [4.78, 5) is 18.0. The molecule has 1 heterocycles. The second-order valence-corrected chi connectivity index (χ2v) is 10.8. The zero-order chi connectivity index (χ0) is 26.2. The Hall–Kier alpha value is -4.14. The highest BCUT2D eigenvalue weighted by Crippen LogP contribution is 2.34. The number of ether oxygens (including phenoxy) is 1. The molecule has 1 N–H and O–H groups in total. The molecular formula is C28H21ClN2O5S. The number of nitrogens with zero attached hydrogens (tertiary/aromatic N) is 1. The van der Waals surface area contributed by atoms with Crippen LogP contribution in [0.15, 0.2) is 94.2 Å². The molecule has 186 valence electrons. The summed E-state index contributed by atoms with van der Waals surface area (Å²) in [5, 5.41) is 3.29.